The minimum atomic E-state index is 0.523. The lowest BCUT2D eigenvalue weighted by Gasteiger charge is -2.04. The van der Waals surface area contributed by atoms with Crippen molar-refractivity contribution < 1.29 is 0 Å². The first-order valence-corrected chi connectivity index (χ1v) is 7.46. The van der Waals surface area contributed by atoms with E-state index in [-0.39, 0.29) is 0 Å². The number of halogens is 1. The summed E-state index contributed by atoms with van der Waals surface area (Å²) in [5, 5.41) is 4.27. The van der Waals surface area contributed by atoms with E-state index in [2.05, 4.69) is 24.6 Å². The molecule has 2 aromatic rings. The molecule has 0 saturated heterocycles. The van der Waals surface area contributed by atoms with E-state index in [0.29, 0.717) is 16.0 Å². The van der Waals surface area contributed by atoms with Crippen LogP contribution >= 0.6 is 34.9 Å². The molecule has 5 nitrogen and oxygen atoms in total. The Morgan fingerprint density at radius 1 is 1.39 bits per heavy atom. The smallest absolute Gasteiger partial charge is 0.223 e. The van der Waals surface area contributed by atoms with Crippen LogP contribution in [0.2, 0.25) is 5.02 Å². The van der Waals surface area contributed by atoms with E-state index < -0.39 is 0 Å². The molecule has 96 valence electrons. The minimum Gasteiger partial charge on any atom is -0.354 e. The van der Waals surface area contributed by atoms with Crippen LogP contribution in [0.5, 0.6) is 0 Å². The van der Waals surface area contributed by atoms with Gasteiger partial charge in [0.15, 0.2) is 4.34 Å². The van der Waals surface area contributed by atoms with Gasteiger partial charge in [-0.25, -0.2) is 15.0 Å². The highest BCUT2D eigenvalue weighted by molar-refractivity contribution is 8.01. The van der Waals surface area contributed by atoms with Crippen molar-refractivity contribution in [1.82, 2.24) is 19.3 Å². The second-order valence-corrected chi connectivity index (χ2v) is 5.70. The molecule has 2 heterocycles. The lowest BCUT2D eigenvalue weighted by Crippen LogP contribution is -2.02. The first-order valence-electron chi connectivity index (χ1n) is 5.49. The molecular formula is C10H12ClN5S2. The van der Waals surface area contributed by atoms with Crippen LogP contribution in [0.1, 0.15) is 19.7 Å². The number of nitrogens with one attached hydrogen (secondary N) is 1. The summed E-state index contributed by atoms with van der Waals surface area (Å²) in [7, 11) is 0. The Balaban J connectivity index is 2.19. The van der Waals surface area contributed by atoms with E-state index in [1.165, 1.54) is 23.3 Å². The van der Waals surface area contributed by atoms with Gasteiger partial charge < -0.3 is 5.32 Å². The van der Waals surface area contributed by atoms with E-state index in [1.807, 2.05) is 13.8 Å². The zero-order valence-corrected chi connectivity index (χ0v) is 12.4. The van der Waals surface area contributed by atoms with Crippen LogP contribution in [-0.4, -0.2) is 25.9 Å². The van der Waals surface area contributed by atoms with E-state index in [4.69, 9.17) is 11.6 Å². The van der Waals surface area contributed by atoms with Gasteiger partial charge in [-0.2, -0.15) is 4.37 Å². The Hall–Kier alpha value is -0.920. The van der Waals surface area contributed by atoms with Crippen molar-refractivity contribution in [2.24, 2.45) is 0 Å². The maximum absolute atomic E-state index is 6.07. The number of rotatable bonds is 5. The van der Waals surface area contributed by atoms with Crippen molar-refractivity contribution in [3.05, 3.63) is 17.0 Å². The second kappa shape index (κ2) is 6.31. The van der Waals surface area contributed by atoms with Gasteiger partial charge in [-0.3, -0.25) is 0 Å². The summed E-state index contributed by atoms with van der Waals surface area (Å²) < 4.78 is 5.07. The summed E-state index contributed by atoms with van der Waals surface area (Å²) in [5.41, 5.74) is 0. The van der Waals surface area contributed by atoms with E-state index in [0.717, 1.165) is 23.1 Å². The summed E-state index contributed by atoms with van der Waals surface area (Å²) in [6.07, 6.45) is 2.42. The largest absolute Gasteiger partial charge is 0.354 e. The number of aryl methyl sites for hydroxylation is 1. The molecule has 0 aliphatic heterocycles. The van der Waals surface area contributed by atoms with Crippen LogP contribution < -0.4 is 5.32 Å². The summed E-state index contributed by atoms with van der Waals surface area (Å²) in [5.74, 6) is 1.42. The van der Waals surface area contributed by atoms with Gasteiger partial charge in [0.25, 0.3) is 0 Å². The van der Waals surface area contributed by atoms with Crippen LogP contribution in [0.25, 0.3) is 0 Å². The molecule has 2 aromatic heterocycles. The van der Waals surface area contributed by atoms with Crippen molar-refractivity contribution in [1.29, 1.82) is 0 Å². The molecule has 0 amide bonds. The molecule has 0 saturated carbocycles. The highest BCUT2D eigenvalue weighted by atomic mass is 35.5. The molecular weight excluding hydrogens is 290 g/mol. The van der Waals surface area contributed by atoms with Gasteiger partial charge in [0.1, 0.15) is 10.9 Å². The SMILES string of the molecule is CCNc1ncc(Cl)c(Sc2nc(CC)ns2)n1. The molecule has 0 bridgehead atoms. The fourth-order valence-electron chi connectivity index (χ4n) is 1.17. The van der Waals surface area contributed by atoms with Crippen LogP contribution in [0.4, 0.5) is 5.95 Å². The molecule has 0 unspecified atom stereocenters. The summed E-state index contributed by atoms with van der Waals surface area (Å²) in [4.78, 5) is 12.8. The summed E-state index contributed by atoms with van der Waals surface area (Å²) in [6.45, 7) is 4.78. The fourth-order valence-corrected chi connectivity index (χ4v) is 2.97. The van der Waals surface area contributed by atoms with Gasteiger partial charge in [0.2, 0.25) is 5.95 Å². The van der Waals surface area contributed by atoms with Gasteiger partial charge >= 0.3 is 0 Å². The van der Waals surface area contributed by atoms with Crippen molar-refractivity contribution in [3.8, 4) is 0 Å². The number of hydrogen-bond donors (Lipinski definition) is 1. The molecule has 8 heteroatoms. The van der Waals surface area contributed by atoms with Gasteiger partial charge in [0, 0.05) is 13.0 Å². The zero-order chi connectivity index (χ0) is 13.0. The summed E-state index contributed by atoms with van der Waals surface area (Å²) >= 11 is 8.84. The van der Waals surface area contributed by atoms with Gasteiger partial charge in [-0.15, -0.1) is 0 Å². The topological polar surface area (TPSA) is 63.6 Å². The number of nitrogens with zero attached hydrogens (tertiary/aromatic N) is 4. The lowest BCUT2D eigenvalue weighted by atomic mass is 10.5. The normalized spacial score (nSPS) is 10.6. The predicted octanol–water partition coefficient (Wildman–Crippen LogP) is 3.13. The highest BCUT2D eigenvalue weighted by Crippen LogP contribution is 2.32. The van der Waals surface area contributed by atoms with Gasteiger partial charge in [-0.05, 0) is 30.2 Å². The van der Waals surface area contributed by atoms with E-state index in [1.54, 1.807) is 6.20 Å². The van der Waals surface area contributed by atoms with Crippen molar-refractivity contribution in [3.63, 3.8) is 0 Å². The maximum atomic E-state index is 6.07. The molecule has 1 N–H and O–H groups in total. The Bertz CT molecular complexity index is 531. The third-order valence-electron chi connectivity index (χ3n) is 2.00. The number of hydrogen-bond acceptors (Lipinski definition) is 7. The average Bonchev–Trinajstić information content (AvgIpc) is 2.81. The van der Waals surface area contributed by atoms with Gasteiger partial charge in [-0.1, -0.05) is 18.5 Å². The second-order valence-electron chi connectivity index (χ2n) is 3.31. The van der Waals surface area contributed by atoms with Crippen molar-refractivity contribution in [2.75, 3.05) is 11.9 Å². The molecule has 2 rings (SSSR count). The average molecular weight is 302 g/mol. The monoisotopic (exact) mass is 301 g/mol. The zero-order valence-electron chi connectivity index (χ0n) is 9.97. The Morgan fingerprint density at radius 2 is 2.22 bits per heavy atom. The lowest BCUT2D eigenvalue weighted by molar-refractivity contribution is 0.968. The quantitative estimate of drug-likeness (QED) is 0.856. The number of anilines is 1. The van der Waals surface area contributed by atoms with Crippen LogP contribution in [-0.2, 0) is 6.42 Å². The molecule has 0 aliphatic carbocycles. The third-order valence-corrected chi connectivity index (χ3v) is 4.18. The third kappa shape index (κ3) is 3.30. The Kier molecular flexibility index (Phi) is 4.73. The Labute approximate surface area is 119 Å². The van der Waals surface area contributed by atoms with Gasteiger partial charge in [0.05, 0.1) is 11.2 Å². The maximum Gasteiger partial charge on any atom is 0.223 e. The molecule has 0 atom stereocenters. The molecule has 0 aliphatic rings. The first kappa shape index (κ1) is 13.5. The molecule has 0 aromatic carbocycles. The minimum absolute atomic E-state index is 0.523. The van der Waals surface area contributed by atoms with Crippen molar-refractivity contribution in [2.45, 2.75) is 29.6 Å². The van der Waals surface area contributed by atoms with Crippen LogP contribution in [0.3, 0.4) is 0 Å². The van der Waals surface area contributed by atoms with E-state index >= 15 is 0 Å². The molecule has 18 heavy (non-hydrogen) atoms. The standard InChI is InChI=1S/C10H12ClN5S2/c1-3-7-14-10(18-16-7)17-8-6(11)5-13-9(15-8)12-4-2/h5H,3-4H2,1-2H3,(H,12,13,15). The van der Waals surface area contributed by atoms with Crippen molar-refractivity contribution >= 4 is 40.8 Å². The van der Waals surface area contributed by atoms with Crippen LogP contribution in [0.15, 0.2) is 15.6 Å². The molecule has 0 fully saturated rings. The number of aromatic nitrogens is 4. The van der Waals surface area contributed by atoms with Crippen LogP contribution in [0, 0.1) is 0 Å². The molecule has 0 radical (unpaired) electrons. The Morgan fingerprint density at radius 3 is 2.89 bits per heavy atom. The summed E-state index contributed by atoms with van der Waals surface area (Å²) in [6, 6.07) is 0. The highest BCUT2D eigenvalue weighted by Gasteiger charge is 2.10. The first-order chi connectivity index (χ1) is 8.72. The van der Waals surface area contributed by atoms with E-state index in [9.17, 15) is 0 Å². The predicted molar refractivity (Wildman–Crippen MR) is 74.6 cm³/mol. The fraction of sp³-hybridized carbons (Fsp3) is 0.400. The molecule has 0 spiro atoms.